The van der Waals surface area contributed by atoms with E-state index < -0.39 is 0 Å². The van der Waals surface area contributed by atoms with Crippen molar-refractivity contribution in [1.29, 1.82) is 0 Å². The van der Waals surface area contributed by atoms with Crippen LogP contribution in [0.25, 0.3) is 0 Å². The first-order chi connectivity index (χ1) is 9.36. The number of nitrogens with one attached hydrogen (secondary N) is 1. The molecule has 0 amide bonds. The van der Waals surface area contributed by atoms with E-state index >= 15 is 0 Å². The Morgan fingerprint density at radius 2 is 2.05 bits per heavy atom. The zero-order chi connectivity index (χ0) is 13.3. The number of carbonyl (C=O) groups excluding carboxylic acids is 1. The van der Waals surface area contributed by atoms with Crippen LogP contribution in [0.2, 0.25) is 0 Å². The minimum Gasteiger partial charge on any atom is -0.465 e. The maximum absolute atomic E-state index is 11.9. The molecular weight excluding hydrogens is 238 g/mol. The lowest BCUT2D eigenvalue weighted by Gasteiger charge is -2.14. The van der Waals surface area contributed by atoms with Crippen molar-refractivity contribution in [2.75, 3.05) is 13.2 Å². The van der Waals surface area contributed by atoms with E-state index in [1.807, 2.05) is 18.2 Å². The predicted octanol–water partition coefficient (Wildman–Crippen LogP) is 2.69. The van der Waals surface area contributed by atoms with E-state index in [2.05, 4.69) is 17.4 Å². The predicted molar refractivity (Wildman–Crippen MR) is 76.0 cm³/mol. The maximum atomic E-state index is 11.9. The van der Waals surface area contributed by atoms with Crippen LogP contribution in [0, 0.1) is 0 Å². The molecule has 0 radical (unpaired) electrons. The topological polar surface area (TPSA) is 38.3 Å². The highest BCUT2D eigenvalue weighted by molar-refractivity contribution is 5.75. The minimum atomic E-state index is -0.0841. The van der Waals surface area contributed by atoms with E-state index in [-0.39, 0.29) is 12.0 Å². The fourth-order valence-corrected chi connectivity index (χ4v) is 2.42. The number of aryl methyl sites for hydroxylation is 1. The minimum absolute atomic E-state index is 0.0741. The van der Waals surface area contributed by atoms with Crippen LogP contribution in [0.1, 0.15) is 37.7 Å². The van der Waals surface area contributed by atoms with Gasteiger partial charge in [0.2, 0.25) is 0 Å². The van der Waals surface area contributed by atoms with E-state index in [1.165, 1.54) is 12.0 Å². The summed E-state index contributed by atoms with van der Waals surface area (Å²) in [6.07, 6.45) is 6.27. The van der Waals surface area contributed by atoms with Crippen molar-refractivity contribution >= 4 is 5.97 Å². The van der Waals surface area contributed by atoms with Gasteiger partial charge in [0.1, 0.15) is 6.04 Å². The number of esters is 1. The number of hydrogen-bond donors (Lipinski definition) is 1. The zero-order valence-electron chi connectivity index (χ0n) is 11.4. The van der Waals surface area contributed by atoms with Gasteiger partial charge in [-0.1, -0.05) is 43.2 Å². The van der Waals surface area contributed by atoms with Crippen molar-refractivity contribution in [3.8, 4) is 0 Å². The summed E-state index contributed by atoms with van der Waals surface area (Å²) in [4.78, 5) is 11.9. The van der Waals surface area contributed by atoms with Gasteiger partial charge in [-0.2, -0.15) is 0 Å². The molecule has 3 heteroatoms. The molecule has 1 heterocycles. The fourth-order valence-electron chi connectivity index (χ4n) is 2.42. The Balaban J connectivity index is 1.63. The Kier molecular flexibility index (Phi) is 5.89. The van der Waals surface area contributed by atoms with Crippen molar-refractivity contribution in [2.24, 2.45) is 0 Å². The van der Waals surface area contributed by atoms with E-state index in [4.69, 9.17) is 4.74 Å². The molecule has 1 N–H and O–H groups in total. The van der Waals surface area contributed by atoms with Crippen molar-refractivity contribution < 1.29 is 9.53 Å². The second-order valence-corrected chi connectivity index (χ2v) is 5.11. The molecule has 104 valence electrons. The first-order valence-electron chi connectivity index (χ1n) is 7.30. The third-order valence-corrected chi connectivity index (χ3v) is 3.54. The Bertz CT molecular complexity index is 370. The van der Waals surface area contributed by atoms with Gasteiger partial charge in [-0.25, -0.2) is 0 Å². The van der Waals surface area contributed by atoms with Crippen LogP contribution in [0.4, 0.5) is 0 Å². The molecule has 1 aromatic rings. The highest BCUT2D eigenvalue weighted by Gasteiger charge is 2.20. The standard InChI is InChI=1S/C16H23NO2/c18-16(15-11-5-2-6-12-17-15)19-13-7-10-14-8-3-1-4-9-14/h1,3-4,8-9,15,17H,2,5-7,10-13H2. The smallest absolute Gasteiger partial charge is 0.323 e. The largest absolute Gasteiger partial charge is 0.465 e. The van der Waals surface area contributed by atoms with Gasteiger partial charge in [-0.15, -0.1) is 0 Å². The molecule has 2 rings (SSSR count). The van der Waals surface area contributed by atoms with Gasteiger partial charge in [0, 0.05) is 0 Å². The Morgan fingerprint density at radius 1 is 1.21 bits per heavy atom. The quantitative estimate of drug-likeness (QED) is 0.654. The fraction of sp³-hybridized carbons (Fsp3) is 0.562. The molecule has 0 bridgehead atoms. The monoisotopic (exact) mass is 261 g/mol. The highest BCUT2D eigenvalue weighted by Crippen LogP contribution is 2.10. The molecule has 0 saturated carbocycles. The van der Waals surface area contributed by atoms with Gasteiger partial charge >= 0.3 is 5.97 Å². The molecule has 1 unspecified atom stereocenters. The third kappa shape index (κ3) is 5.03. The summed E-state index contributed by atoms with van der Waals surface area (Å²) < 4.78 is 5.36. The SMILES string of the molecule is O=C(OCCCc1ccccc1)C1CCCCCN1. The van der Waals surface area contributed by atoms with Crippen LogP contribution >= 0.6 is 0 Å². The van der Waals surface area contributed by atoms with Crippen molar-refractivity contribution in [1.82, 2.24) is 5.32 Å². The molecule has 0 aliphatic carbocycles. The van der Waals surface area contributed by atoms with Crippen LogP contribution in [0.5, 0.6) is 0 Å². The van der Waals surface area contributed by atoms with Gasteiger partial charge < -0.3 is 10.1 Å². The second-order valence-electron chi connectivity index (χ2n) is 5.11. The molecule has 1 fully saturated rings. The van der Waals surface area contributed by atoms with Crippen molar-refractivity contribution in [2.45, 2.75) is 44.6 Å². The summed E-state index contributed by atoms with van der Waals surface area (Å²) in [6, 6.07) is 10.2. The van der Waals surface area contributed by atoms with Crippen LogP contribution < -0.4 is 5.32 Å². The molecule has 19 heavy (non-hydrogen) atoms. The summed E-state index contributed by atoms with van der Waals surface area (Å²) in [5, 5.41) is 3.27. The Morgan fingerprint density at radius 3 is 2.89 bits per heavy atom. The molecule has 1 aromatic carbocycles. The van der Waals surface area contributed by atoms with Gasteiger partial charge in [0.15, 0.2) is 0 Å². The maximum Gasteiger partial charge on any atom is 0.323 e. The lowest BCUT2D eigenvalue weighted by Crippen LogP contribution is -2.37. The number of ether oxygens (including phenoxy) is 1. The molecule has 0 spiro atoms. The summed E-state index contributed by atoms with van der Waals surface area (Å²) in [7, 11) is 0. The third-order valence-electron chi connectivity index (χ3n) is 3.54. The lowest BCUT2D eigenvalue weighted by atomic mass is 10.1. The van der Waals surface area contributed by atoms with E-state index in [0.29, 0.717) is 6.61 Å². The summed E-state index contributed by atoms with van der Waals surface area (Å²) in [5.74, 6) is -0.0741. The van der Waals surface area contributed by atoms with Crippen molar-refractivity contribution in [3.63, 3.8) is 0 Å². The van der Waals surface area contributed by atoms with Crippen LogP contribution in [-0.4, -0.2) is 25.2 Å². The van der Waals surface area contributed by atoms with Crippen LogP contribution in [0.3, 0.4) is 0 Å². The summed E-state index contributed by atoms with van der Waals surface area (Å²) >= 11 is 0. The molecule has 1 aliphatic rings. The van der Waals surface area contributed by atoms with E-state index in [1.54, 1.807) is 0 Å². The molecule has 3 nitrogen and oxygen atoms in total. The average Bonchev–Trinajstić information content (AvgIpc) is 2.73. The normalized spacial score (nSPS) is 19.7. The summed E-state index contributed by atoms with van der Waals surface area (Å²) in [6.45, 7) is 1.45. The van der Waals surface area contributed by atoms with Crippen LogP contribution in [0.15, 0.2) is 30.3 Å². The lowest BCUT2D eigenvalue weighted by molar-refractivity contribution is -0.146. The molecule has 1 aliphatic heterocycles. The summed E-state index contributed by atoms with van der Waals surface area (Å²) in [5.41, 5.74) is 1.30. The first kappa shape index (κ1) is 14.1. The molecular formula is C16H23NO2. The zero-order valence-corrected chi connectivity index (χ0v) is 11.4. The molecule has 1 atom stereocenters. The Hall–Kier alpha value is -1.35. The van der Waals surface area contributed by atoms with Crippen molar-refractivity contribution in [3.05, 3.63) is 35.9 Å². The highest BCUT2D eigenvalue weighted by atomic mass is 16.5. The van der Waals surface area contributed by atoms with Crippen LogP contribution in [-0.2, 0) is 16.0 Å². The average molecular weight is 261 g/mol. The van der Waals surface area contributed by atoms with Gasteiger partial charge in [0.05, 0.1) is 6.61 Å². The van der Waals surface area contributed by atoms with Gasteiger partial charge in [0.25, 0.3) is 0 Å². The van der Waals surface area contributed by atoms with Gasteiger partial charge in [-0.05, 0) is 37.8 Å². The van der Waals surface area contributed by atoms with Gasteiger partial charge in [-0.3, -0.25) is 4.79 Å². The Labute approximate surface area is 115 Å². The first-order valence-corrected chi connectivity index (χ1v) is 7.30. The van der Waals surface area contributed by atoms with E-state index in [0.717, 1.165) is 38.6 Å². The number of benzene rings is 1. The molecule has 0 aromatic heterocycles. The second kappa shape index (κ2) is 7.95. The number of carbonyl (C=O) groups is 1. The number of rotatable bonds is 5. The molecule has 1 saturated heterocycles. The number of hydrogen-bond acceptors (Lipinski definition) is 3. The van der Waals surface area contributed by atoms with E-state index in [9.17, 15) is 4.79 Å².